The van der Waals surface area contributed by atoms with Crippen molar-refractivity contribution in [2.24, 2.45) is 11.7 Å². The quantitative estimate of drug-likeness (QED) is 0.889. The molecule has 1 heterocycles. The van der Waals surface area contributed by atoms with Crippen LogP contribution in [0.1, 0.15) is 62.7 Å². The Morgan fingerprint density at radius 3 is 2.78 bits per heavy atom. The monoisotopic (exact) mass is 269 g/mol. The van der Waals surface area contributed by atoms with Crippen molar-refractivity contribution in [3.8, 4) is 0 Å². The van der Waals surface area contributed by atoms with E-state index >= 15 is 0 Å². The van der Waals surface area contributed by atoms with E-state index in [-0.39, 0.29) is 6.04 Å². The minimum atomic E-state index is -0.110. The smallest absolute Gasteiger partial charge is 0.243 e. The molecule has 1 saturated carbocycles. The van der Waals surface area contributed by atoms with Gasteiger partial charge in [0.1, 0.15) is 0 Å². The van der Waals surface area contributed by atoms with Gasteiger partial charge in [-0.15, -0.1) is 0 Å². The summed E-state index contributed by atoms with van der Waals surface area (Å²) in [4.78, 5) is 4.50. The highest BCUT2D eigenvalue weighted by atomic mass is 32.2. The third-order valence-corrected chi connectivity index (χ3v) is 4.43. The molecule has 2 rings (SSSR count). The normalized spacial score (nSPS) is 26.2. The predicted molar refractivity (Wildman–Crippen MR) is 74.6 cm³/mol. The van der Waals surface area contributed by atoms with Crippen molar-refractivity contribution < 1.29 is 4.52 Å². The lowest BCUT2D eigenvalue weighted by Crippen LogP contribution is -2.14. The second-order valence-corrected chi connectivity index (χ2v) is 6.32. The number of aromatic nitrogens is 2. The minimum absolute atomic E-state index is 0.110. The summed E-state index contributed by atoms with van der Waals surface area (Å²) < 4.78 is 5.31. The van der Waals surface area contributed by atoms with Crippen molar-refractivity contribution in [3.63, 3.8) is 0 Å². The molecule has 102 valence electrons. The van der Waals surface area contributed by atoms with Gasteiger partial charge in [0.2, 0.25) is 5.89 Å². The van der Waals surface area contributed by atoms with Crippen LogP contribution >= 0.6 is 11.8 Å². The Morgan fingerprint density at radius 1 is 1.39 bits per heavy atom. The van der Waals surface area contributed by atoms with Gasteiger partial charge in [0, 0.05) is 5.92 Å². The zero-order valence-corrected chi connectivity index (χ0v) is 12.1. The summed E-state index contributed by atoms with van der Waals surface area (Å²) in [5.74, 6) is 3.83. The van der Waals surface area contributed by atoms with Gasteiger partial charge in [-0.2, -0.15) is 16.7 Å². The van der Waals surface area contributed by atoms with Crippen LogP contribution in [0.25, 0.3) is 0 Å². The zero-order chi connectivity index (χ0) is 13.0. The van der Waals surface area contributed by atoms with E-state index in [2.05, 4.69) is 23.3 Å². The van der Waals surface area contributed by atoms with Crippen LogP contribution in [0.4, 0.5) is 0 Å². The number of nitrogens with two attached hydrogens (primary N) is 1. The molecule has 0 bridgehead atoms. The van der Waals surface area contributed by atoms with Crippen LogP contribution in [0.3, 0.4) is 0 Å². The van der Waals surface area contributed by atoms with Gasteiger partial charge in [-0.05, 0) is 37.2 Å². The molecule has 1 atom stereocenters. The van der Waals surface area contributed by atoms with E-state index in [0.717, 1.165) is 23.9 Å². The molecule has 0 radical (unpaired) electrons. The number of hydrogen-bond donors (Lipinski definition) is 1. The van der Waals surface area contributed by atoms with Crippen molar-refractivity contribution in [1.29, 1.82) is 0 Å². The molecule has 4 nitrogen and oxygen atoms in total. The van der Waals surface area contributed by atoms with Gasteiger partial charge in [0.05, 0.1) is 6.04 Å². The Balaban J connectivity index is 1.93. The summed E-state index contributed by atoms with van der Waals surface area (Å²) in [5.41, 5.74) is 6.04. The molecule has 5 heteroatoms. The Bertz CT molecular complexity index is 361. The summed E-state index contributed by atoms with van der Waals surface area (Å²) in [5, 5.41) is 4.12. The van der Waals surface area contributed by atoms with Crippen LogP contribution < -0.4 is 5.73 Å². The first kappa shape index (κ1) is 13.9. The summed E-state index contributed by atoms with van der Waals surface area (Å²) in [7, 11) is 0. The fraction of sp³-hybridized carbons (Fsp3) is 0.846. The van der Waals surface area contributed by atoms with Crippen LogP contribution in [0.2, 0.25) is 0 Å². The van der Waals surface area contributed by atoms with Gasteiger partial charge < -0.3 is 10.3 Å². The van der Waals surface area contributed by atoms with E-state index in [1.54, 1.807) is 11.8 Å². The Morgan fingerprint density at radius 2 is 2.11 bits per heavy atom. The molecule has 18 heavy (non-hydrogen) atoms. The predicted octanol–water partition coefficient (Wildman–Crippen LogP) is 3.12. The molecule has 1 aromatic heterocycles. The van der Waals surface area contributed by atoms with Crippen molar-refractivity contribution >= 4 is 11.8 Å². The van der Waals surface area contributed by atoms with E-state index in [1.165, 1.54) is 25.7 Å². The summed E-state index contributed by atoms with van der Waals surface area (Å²) in [6.07, 6.45) is 7.88. The second-order valence-electron chi connectivity index (χ2n) is 5.34. The maximum absolute atomic E-state index is 6.04. The first-order chi connectivity index (χ1) is 8.70. The molecule has 1 fully saturated rings. The first-order valence-electron chi connectivity index (χ1n) is 6.78. The van der Waals surface area contributed by atoms with E-state index in [1.807, 2.05) is 0 Å². The molecular weight excluding hydrogens is 246 g/mol. The Kier molecular flexibility index (Phi) is 5.06. The van der Waals surface area contributed by atoms with Crippen molar-refractivity contribution in [3.05, 3.63) is 11.7 Å². The molecule has 0 aromatic carbocycles. The number of nitrogens with zero attached hydrogens (tertiary/aromatic N) is 2. The molecule has 0 spiro atoms. The zero-order valence-electron chi connectivity index (χ0n) is 11.3. The van der Waals surface area contributed by atoms with Gasteiger partial charge in [0.25, 0.3) is 0 Å². The largest absolute Gasteiger partial charge is 0.338 e. The molecule has 1 aromatic rings. The van der Waals surface area contributed by atoms with E-state index in [9.17, 15) is 0 Å². The third-order valence-electron chi connectivity index (χ3n) is 3.79. The highest BCUT2D eigenvalue weighted by molar-refractivity contribution is 7.98. The molecule has 1 aliphatic carbocycles. The molecule has 0 amide bonds. The van der Waals surface area contributed by atoms with Gasteiger partial charge in [0.15, 0.2) is 5.82 Å². The standard InChI is InChI=1S/C13H23N3OS/c1-9-3-5-10(6-4-9)12-15-13(17-16-12)11(14)7-8-18-2/h9-11H,3-8,14H2,1-2H3/t9?,10?,11-/m0/s1. The Hall–Kier alpha value is -0.550. The number of hydrogen-bond acceptors (Lipinski definition) is 5. The highest BCUT2D eigenvalue weighted by Crippen LogP contribution is 2.34. The fourth-order valence-corrected chi connectivity index (χ4v) is 2.94. The first-order valence-corrected chi connectivity index (χ1v) is 8.18. The highest BCUT2D eigenvalue weighted by Gasteiger charge is 2.25. The summed E-state index contributed by atoms with van der Waals surface area (Å²) in [6, 6.07) is -0.110. The lowest BCUT2D eigenvalue weighted by Gasteiger charge is -2.23. The van der Waals surface area contributed by atoms with E-state index < -0.39 is 0 Å². The third kappa shape index (κ3) is 3.48. The van der Waals surface area contributed by atoms with Crippen LogP contribution in [0.15, 0.2) is 4.52 Å². The second kappa shape index (κ2) is 6.57. The molecule has 1 aliphatic rings. The lowest BCUT2D eigenvalue weighted by atomic mass is 9.83. The minimum Gasteiger partial charge on any atom is -0.338 e. The average Bonchev–Trinajstić information content (AvgIpc) is 2.86. The van der Waals surface area contributed by atoms with Crippen LogP contribution in [-0.2, 0) is 0 Å². The lowest BCUT2D eigenvalue weighted by molar-refractivity contribution is 0.318. The topological polar surface area (TPSA) is 64.9 Å². The van der Waals surface area contributed by atoms with Gasteiger partial charge in [-0.25, -0.2) is 0 Å². The molecule has 0 unspecified atom stereocenters. The molecule has 0 saturated heterocycles. The van der Waals surface area contributed by atoms with Crippen LogP contribution in [0, 0.1) is 5.92 Å². The molecule has 0 aliphatic heterocycles. The van der Waals surface area contributed by atoms with Crippen molar-refractivity contribution in [2.45, 2.75) is 51.0 Å². The van der Waals surface area contributed by atoms with Crippen molar-refractivity contribution in [1.82, 2.24) is 10.1 Å². The molecular formula is C13H23N3OS. The summed E-state index contributed by atoms with van der Waals surface area (Å²) in [6.45, 7) is 2.32. The number of thioether (sulfide) groups is 1. The van der Waals surface area contributed by atoms with Gasteiger partial charge >= 0.3 is 0 Å². The van der Waals surface area contributed by atoms with Crippen LogP contribution in [-0.4, -0.2) is 22.1 Å². The SMILES string of the molecule is CSCC[C@H](N)c1nc(C2CCC(C)CC2)no1. The maximum Gasteiger partial charge on any atom is 0.243 e. The summed E-state index contributed by atoms with van der Waals surface area (Å²) >= 11 is 1.79. The molecule has 2 N–H and O–H groups in total. The number of rotatable bonds is 5. The van der Waals surface area contributed by atoms with Gasteiger partial charge in [-0.1, -0.05) is 24.9 Å². The average molecular weight is 269 g/mol. The maximum atomic E-state index is 6.04. The Labute approximate surface area is 113 Å². The van der Waals surface area contributed by atoms with E-state index in [0.29, 0.717) is 11.8 Å². The van der Waals surface area contributed by atoms with Crippen LogP contribution in [0.5, 0.6) is 0 Å². The van der Waals surface area contributed by atoms with Crippen molar-refractivity contribution in [2.75, 3.05) is 12.0 Å². The fourth-order valence-electron chi connectivity index (χ4n) is 2.45. The van der Waals surface area contributed by atoms with Gasteiger partial charge in [-0.3, -0.25) is 0 Å². The van der Waals surface area contributed by atoms with E-state index in [4.69, 9.17) is 10.3 Å².